The van der Waals surface area contributed by atoms with Gasteiger partial charge in [0, 0.05) is 43.5 Å². The van der Waals surface area contributed by atoms with Crippen LogP contribution in [-0.4, -0.2) is 33.2 Å². The van der Waals surface area contributed by atoms with Crippen molar-refractivity contribution in [3.05, 3.63) is 70.3 Å². The topological polar surface area (TPSA) is 44.8 Å². The number of nitrogens with zero attached hydrogens (tertiary/aromatic N) is 3. The molecule has 4 rings (SSSR count). The van der Waals surface area contributed by atoms with Crippen LogP contribution < -0.4 is 0 Å². The van der Waals surface area contributed by atoms with Crippen molar-refractivity contribution in [2.24, 2.45) is 0 Å². The van der Waals surface area contributed by atoms with Crippen molar-refractivity contribution in [3.8, 4) is 0 Å². The van der Waals surface area contributed by atoms with Crippen molar-refractivity contribution in [1.82, 2.24) is 20.1 Å². The van der Waals surface area contributed by atoms with E-state index in [1.165, 1.54) is 29.7 Å². The fourth-order valence-corrected chi connectivity index (χ4v) is 4.22. The van der Waals surface area contributed by atoms with Crippen molar-refractivity contribution in [2.45, 2.75) is 44.6 Å². The maximum atomic E-state index is 6.30. The number of aromatic nitrogens is 3. The normalized spacial score (nSPS) is 21.0. The summed E-state index contributed by atoms with van der Waals surface area (Å²) in [5.74, 6) is 0.509. The average Bonchev–Trinajstić information content (AvgIpc) is 3.13. The Morgan fingerprint density at radius 3 is 3.04 bits per heavy atom. The molecule has 2 aliphatic rings. The standard InChI is InChI=1S/C21H25ClN4/c22-20-13-23-9-8-17(20)14-26-10-4-7-18(15-26)21-19(12-24-25-21)11-16-5-2-1-3-6-16/h2,5-6,8-9,12-13,18H,1,3-4,7,10-11,14-15H2,(H,24,25). The second kappa shape index (κ2) is 8.19. The Bertz CT molecular complexity index is 808. The summed E-state index contributed by atoms with van der Waals surface area (Å²) in [6.45, 7) is 3.05. The first-order chi connectivity index (χ1) is 12.8. The molecule has 3 heterocycles. The number of allylic oxidation sites excluding steroid dienone is 4. The first-order valence-corrected chi connectivity index (χ1v) is 9.86. The molecule has 1 fully saturated rings. The molecule has 1 aliphatic heterocycles. The Hall–Kier alpha value is -1.91. The third kappa shape index (κ3) is 4.08. The summed E-state index contributed by atoms with van der Waals surface area (Å²) < 4.78 is 0. The minimum Gasteiger partial charge on any atom is -0.298 e. The van der Waals surface area contributed by atoms with Crippen LogP contribution in [0.2, 0.25) is 5.02 Å². The van der Waals surface area contributed by atoms with E-state index in [0.29, 0.717) is 5.92 Å². The molecular formula is C21H25ClN4. The zero-order chi connectivity index (χ0) is 17.8. The highest BCUT2D eigenvalue weighted by Gasteiger charge is 2.25. The summed E-state index contributed by atoms with van der Waals surface area (Å²) in [7, 11) is 0. The number of piperidine rings is 1. The number of H-pyrrole nitrogens is 1. The van der Waals surface area contributed by atoms with Crippen LogP contribution in [0.1, 0.15) is 48.4 Å². The van der Waals surface area contributed by atoms with Gasteiger partial charge in [0.15, 0.2) is 0 Å². The zero-order valence-electron chi connectivity index (χ0n) is 15.0. The van der Waals surface area contributed by atoms with Crippen LogP contribution in [0.25, 0.3) is 0 Å². The Morgan fingerprint density at radius 1 is 1.23 bits per heavy atom. The van der Waals surface area contributed by atoms with Crippen molar-refractivity contribution in [1.29, 1.82) is 0 Å². The zero-order valence-corrected chi connectivity index (χ0v) is 15.8. The SMILES string of the molecule is Clc1cnccc1CN1CCCC(c2[nH]ncc2CC2=CCCC=C2)C1. The average molecular weight is 369 g/mol. The van der Waals surface area contributed by atoms with Gasteiger partial charge in [0.1, 0.15) is 0 Å². The van der Waals surface area contributed by atoms with Crippen molar-refractivity contribution < 1.29 is 0 Å². The molecule has 1 atom stereocenters. The molecule has 1 aliphatic carbocycles. The lowest BCUT2D eigenvalue weighted by Crippen LogP contribution is -2.34. The first-order valence-electron chi connectivity index (χ1n) is 9.48. The van der Waals surface area contributed by atoms with E-state index in [9.17, 15) is 0 Å². The quantitative estimate of drug-likeness (QED) is 0.834. The van der Waals surface area contributed by atoms with Gasteiger partial charge in [-0.25, -0.2) is 0 Å². The number of rotatable bonds is 5. The van der Waals surface area contributed by atoms with E-state index < -0.39 is 0 Å². The van der Waals surface area contributed by atoms with Crippen LogP contribution in [0.4, 0.5) is 0 Å². The number of likely N-dealkylation sites (tertiary alicyclic amines) is 1. The van der Waals surface area contributed by atoms with E-state index in [1.54, 1.807) is 6.20 Å². The molecule has 1 saturated heterocycles. The van der Waals surface area contributed by atoms with E-state index in [-0.39, 0.29) is 0 Å². The second-order valence-corrected chi connectivity index (χ2v) is 7.69. The summed E-state index contributed by atoms with van der Waals surface area (Å²) in [6, 6.07) is 2.02. The molecule has 1 unspecified atom stereocenters. The lowest BCUT2D eigenvalue weighted by molar-refractivity contribution is 0.198. The minimum absolute atomic E-state index is 0.509. The Morgan fingerprint density at radius 2 is 2.19 bits per heavy atom. The van der Waals surface area contributed by atoms with Crippen molar-refractivity contribution >= 4 is 11.6 Å². The summed E-state index contributed by atoms with van der Waals surface area (Å²) in [5, 5.41) is 8.42. The predicted octanol–water partition coefficient (Wildman–Crippen LogP) is 4.66. The van der Waals surface area contributed by atoms with Crippen LogP contribution in [-0.2, 0) is 13.0 Å². The molecule has 0 radical (unpaired) electrons. The van der Waals surface area contributed by atoms with Crippen LogP contribution in [0.5, 0.6) is 0 Å². The molecule has 0 aromatic carbocycles. The molecule has 5 heteroatoms. The molecule has 136 valence electrons. The van der Waals surface area contributed by atoms with Gasteiger partial charge in [0.05, 0.1) is 11.2 Å². The molecule has 1 N–H and O–H groups in total. The third-order valence-corrected chi connectivity index (χ3v) is 5.72. The number of halogens is 1. The van der Waals surface area contributed by atoms with Gasteiger partial charge in [-0.2, -0.15) is 5.10 Å². The number of nitrogens with one attached hydrogen (secondary N) is 1. The highest BCUT2D eigenvalue weighted by atomic mass is 35.5. The molecule has 2 aromatic rings. The Balaban J connectivity index is 1.45. The number of pyridine rings is 1. The van der Waals surface area contributed by atoms with Gasteiger partial charge in [-0.1, -0.05) is 29.8 Å². The van der Waals surface area contributed by atoms with Gasteiger partial charge in [-0.15, -0.1) is 0 Å². The maximum Gasteiger partial charge on any atom is 0.0634 e. The van der Waals surface area contributed by atoms with E-state index in [1.807, 2.05) is 18.5 Å². The summed E-state index contributed by atoms with van der Waals surface area (Å²) in [4.78, 5) is 6.59. The van der Waals surface area contributed by atoms with Gasteiger partial charge < -0.3 is 0 Å². The van der Waals surface area contributed by atoms with E-state index in [2.05, 4.69) is 38.3 Å². The first kappa shape index (κ1) is 17.5. The largest absolute Gasteiger partial charge is 0.298 e. The molecule has 0 amide bonds. The monoisotopic (exact) mass is 368 g/mol. The van der Waals surface area contributed by atoms with Gasteiger partial charge in [-0.3, -0.25) is 15.0 Å². The van der Waals surface area contributed by atoms with Crippen LogP contribution >= 0.6 is 11.6 Å². The maximum absolute atomic E-state index is 6.30. The summed E-state index contributed by atoms with van der Waals surface area (Å²) in [5.41, 5.74) is 5.23. The van der Waals surface area contributed by atoms with Crippen LogP contribution in [0.15, 0.2) is 48.5 Å². The molecule has 0 spiro atoms. The second-order valence-electron chi connectivity index (χ2n) is 7.29. The summed E-state index contributed by atoms with van der Waals surface area (Å²) >= 11 is 6.30. The van der Waals surface area contributed by atoms with Gasteiger partial charge >= 0.3 is 0 Å². The van der Waals surface area contributed by atoms with Crippen molar-refractivity contribution in [3.63, 3.8) is 0 Å². The van der Waals surface area contributed by atoms with E-state index in [0.717, 1.165) is 49.5 Å². The predicted molar refractivity (Wildman–Crippen MR) is 105 cm³/mol. The highest BCUT2D eigenvalue weighted by molar-refractivity contribution is 6.31. The molecule has 26 heavy (non-hydrogen) atoms. The number of hydrogen-bond donors (Lipinski definition) is 1. The van der Waals surface area contributed by atoms with Crippen LogP contribution in [0.3, 0.4) is 0 Å². The molecule has 2 aromatic heterocycles. The van der Waals surface area contributed by atoms with E-state index in [4.69, 9.17) is 11.6 Å². The lowest BCUT2D eigenvalue weighted by Gasteiger charge is -2.33. The number of aromatic amines is 1. The molecule has 4 nitrogen and oxygen atoms in total. The highest BCUT2D eigenvalue weighted by Crippen LogP contribution is 2.30. The fraction of sp³-hybridized carbons (Fsp3) is 0.429. The summed E-state index contributed by atoms with van der Waals surface area (Å²) in [6.07, 6.45) is 18.2. The van der Waals surface area contributed by atoms with Gasteiger partial charge in [-0.05, 0) is 55.0 Å². The fourth-order valence-electron chi connectivity index (χ4n) is 4.04. The van der Waals surface area contributed by atoms with E-state index >= 15 is 0 Å². The minimum atomic E-state index is 0.509. The Labute approximate surface area is 160 Å². The molecule has 0 bridgehead atoms. The molecule has 0 saturated carbocycles. The lowest BCUT2D eigenvalue weighted by atomic mass is 9.90. The number of hydrogen-bond acceptors (Lipinski definition) is 3. The molecular weight excluding hydrogens is 344 g/mol. The smallest absolute Gasteiger partial charge is 0.0634 e. The Kier molecular flexibility index (Phi) is 5.51. The van der Waals surface area contributed by atoms with Gasteiger partial charge in [0.2, 0.25) is 0 Å². The third-order valence-electron chi connectivity index (χ3n) is 5.38. The van der Waals surface area contributed by atoms with Crippen LogP contribution in [0, 0.1) is 0 Å². The van der Waals surface area contributed by atoms with Gasteiger partial charge in [0.25, 0.3) is 0 Å². The van der Waals surface area contributed by atoms with Crippen molar-refractivity contribution in [2.75, 3.05) is 13.1 Å².